The molecule has 3 rings (SSSR count). The van der Waals surface area contributed by atoms with Crippen molar-refractivity contribution in [3.8, 4) is 0 Å². The molecule has 0 aromatic carbocycles. The number of thiazole rings is 1. The zero-order chi connectivity index (χ0) is 14.1. The number of rotatable bonds is 3. The van der Waals surface area contributed by atoms with Crippen LogP contribution in [0.2, 0.25) is 0 Å². The molecule has 0 saturated heterocycles. The molecule has 104 valence electrons. The van der Waals surface area contributed by atoms with Crippen LogP contribution in [0.3, 0.4) is 0 Å². The molecule has 0 atom stereocenters. The average Bonchev–Trinajstić information content (AvgIpc) is 3.04. The van der Waals surface area contributed by atoms with Crippen LogP contribution in [0.5, 0.6) is 0 Å². The second-order valence-corrected chi connectivity index (χ2v) is 6.17. The van der Waals surface area contributed by atoms with Gasteiger partial charge in [0.05, 0.1) is 16.2 Å². The van der Waals surface area contributed by atoms with Crippen molar-refractivity contribution in [1.29, 1.82) is 0 Å². The van der Waals surface area contributed by atoms with E-state index >= 15 is 0 Å². The highest BCUT2D eigenvalue weighted by molar-refractivity contribution is 7.16. The third kappa shape index (κ3) is 2.55. The van der Waals surface area contributed by atoms with Crippen LogP contribution in [0.4, 0.5) is 10.1 Å². The lowest BCUT2D eigenvalue weighted by Gasteiger charge is -2.09. The van der Waals surface area contributed by atoms with Gasteiger partial charge in [0.1, 0.15) is 0 Å². The van der Waals surface area contributed by atoms with Crippen molar-refractivity contribution in [3.63, 3.8) is 0 Å². The number of thiophene rings is 1. The van der Waals surface area contributed by atoms with E-state index in [1.54, 1.807) is 0 Å². The molecule has 2 N–H and O–H groups in total. The van der Waals surface area contributed by atoms with Gasteiger partial charge in [-0.3, -0.25) is 20.2 Å². The molecule has 7 nitrogen and oxygen atoms in total. The quantitative estimate of drug-likeness (QED) is 0.667. The largest absolute Gasteiger partial charge is 0.324 e. The number of carbonyl (C=O) groups is 1. The van der Waals surface area contributed by atoms with E-state index in [1.165, 1.54) is 22.8 Å². The van der Waals surface area contributed by atoms with E-state index in [2.05, 4.69) is 15.6 Å². The monoisotopic (exact) mass is 310 g/mol. The molecule has 0 radical (unpaired) electrons. The molecule has 20 heavy (non-hydrogen) atoms. The van der Waals surface area contributed by atoms with E-state index in [0.29, 0.717) is 5.13 Å². The Balaban J connectivity index is 1.74. The maximum absolute atomic E-state index is 12.0. The number of aromatic nitrogens is 1. The highest BCUT2D eigenvalue weighted by Gasteiger charge is 2.19. The van der Waals surface area contributed by atoms with Crippen molar-refractivity contribution in [2.45, 2.75) is 13.0 Å². The molecule has 0 spiro atoms. The number of nitrogens with one attached hydrogen (secondary N) is 2. The van der Waals surface area contributed by atoms with Crippen molar-refractivity contribution in [2.24, 2.45) is 0 Å². The van der Waals surface area contributed by atoms with Crippen molar-refractivity contribution in [1.82, 2.24) is 10.3 Å². The van der Waals surface area contributed by atoms with Crippen LogP contribution in [-0.4, -0.2) is 22.4 Å². The van der Waals surface area contributed by atoms with Crippen LogP contribution in [0.25, 0.3) is 0 Å². The third-order valence-corrected chi connectivity index (χ3v) is 4.74. The van der Waals surface area contributed by atoms with Gasteiger partial charge in [0.15, 0.2) is 5.13 Å². The Morgan fingerprint density at radius 3 is 3.10 bits per heavy atom. The lowest BCUT2D eigenvalue weighted by atomic mass is 10.2. The number of hydrogen-bond donors (Lipinski definition) is 2. The summed E-state index contributed by atoms with van der Waals surface area (Å²) < 4.78 is 0. The van der Waals surface area contributed by atoms with Gasteiger partial charge in [0, 0.05) is 35.8 Å². The summed E-state index contributed by atoms with van der Waals surface area (Å²) in [7, 11) is 0. The van der Waals surface area contributed by atoms with E-state index in [-0.39, 0.29) is 16.5 Å². The minimum absolute atomic E-state index is 0.0437. The Bertz CT molecular complexity index is 656. The molecule has 3 heterocycles. The molecule has 1 aliphatic heterocycles. The summed E-state index contributed by atoms with van der Waals surface area (Å²) >= 11 is 2.37. The van der Waals surface area contributed by atoms with Gasteiger partial charge in [-0.05, 0) is 0 Å². The van der Waals surface area contributed by atoms with Crippen LogP contribution < -0.4 is 10.6 Å². The van der Waals surface area contributed by atoms with Crippen LogP contribution in [0.15, 0.2) is 11.4 Å². The summed E-state index contributed by atoms with van der Waals surface area (Å²) in [4.78, 5) is 27.6. The highest BCUT2D eigenvalue weighted by Crippen LogP contribution is 2.27. The third-order valence-electron chi connectivity index (χ3n) is 2.85. The second kappa shape index (κ2) is 5.27. The van der Waals surface area contributed by atoms with Gasteiger partial charge in [0.25, 0.3) is 5.91 Å². The fraction of sp³-hybridized carbons (Fsp3) is 0.273. The summed E-state index contributed by atoms with van der Waals surface area (Å²) in [6.07, 6.45) is 0.853. The molecule has 0 aliphatic carbocycles. The number of nitrogens with zero attached hydrogens (tertiary/aromatic N) is 2. The fourth-order valence-corrected chi connectivity index (χ4v) is 3.56. The van der Waals surface area contributed by atoms with Crippen LogP contribution >= 0.6 is 22.7 Å². The summed E-state index contributed by atoms with van der Waals surface area (Å²) in [5.74, 6) is -0.367. The Labute approximate surface area is 121 Å². The first-order valence-electron chi connectivity index (χ1n) is 5.87. The number of nitro groups is 1. The highest BCUT2D eigenvalue weighted by atomic mass is 32.1. The molecular weight excluding hydrogens is 300 g/mol. The van der Waals surface area contributed by atoms with Gasteiger partial charge in [-0.1, -0.05) is 11.3 Å². The maximum Gasteiger partial charge on any atom is 0.324 e. The summed E-state index contributed by atoms with van der Waals surface area (Å²) in [6.45, 7) is 1.66. The summed E-state index contributed by atoms with van der Waals surface area (Å²) in [5, 5.41) is 18.5. The van der Waals surface area contributed by atoms with E-state index in [4.69, 9.17) is 0 Å². The lowest BCUT2D eigenvalue weighted by Crippen LogP contribution is -2.22. The van der Waals surface area contributed by atoms with Gasteiger partial charge >= 0.3 is 5.00 Å². The molecule has 1 amide bonds. The van der Waals surface area contributed by atoms with E-state index in [1.807, 2.05) is 0 Å². The Morgan fingerprint density at radius 1 is 1.55 bits per heavy atom. The van der Waals surface area contributed by atoms with Crippen LogP contribution in [-0.2, 0) is 13.0 Å². The minimum Gasteiger partial charge on any atom is -0.311 e. The van der Waals surface area contributed by atoms with E-state index in [0.717, 1.165) is 41.4 Å². The van der Waals surface area contributed by atoms with Gasteiger partial charge in [0.2, 0.25) is 0 Å². The normalized spacial score (nSPS) is 13.8. The molecule has 9 heteroatoms. The number of anilines is 1. The first-order chi connectivity index (χ1) is 9.63. The molecule has 2 aromatic heterocycles. The standard InChI is InChI=1S/C11H10N4O3S2/c16-10(6-3-9(15(17)18)19-5-6)14-11-13-7-1-2-12-4-8(7)20-11/h3,5,12H,1-2,4H2,(H,13,14,16). The van der Waals surface area contributed by atoms with Crippen LogP contribution in [0, 0.1) is 10.1 Å². The topological polar surface area (TPSA) is 97.2 Å². The predicted octanol–water partition coefficient (Wildman–Crippen LogP) is 2.01. The van der Waals surface area contributed by atoms with Gasteiger partial charge in [-0.15, -0.1) is 11.3 Å². The first-order valence-corrected chi connectivity index (χ1v) is 7.56. The second-order valence-electron chi connectivity index (χ2n) is 4.20. The molecule has 2 aromatic rings. The number of hydrogen-bond acceptors (Lipinski definition) is 7. The van der Waals surface area contributed by atoms with Crippen molar-refractivity contribution in [3.05, 3.63) is 37.7 Å². The van der Waals surface area contributed by atoms with E-state index < -0.39 is 4.92 Å². The molecule has 0 saturated carbocycles. The summed E-state index contributed by atoms with van der Waals surface area (Å²) in [5.41, 5.74) is 1.30. The number of fused-ring (bicyclic) bond motifs is 1. The van der Waals surface area contributed by atoms with Gasteiger partial charge in [-0.25, -0.2) is 4.98 Å². The van der Waals surface area contributed by atoms with Crippen molar-refractivity contribution < 1.29 is 9.72 Å². The molecule has 0 fully saturated rings. The molecule has 0 unspecified atom stereocenters. The smallest absolute Gasteiger partial charge is 0.311 e. The zero-order valence-corrected chi connectivity index (χ0v) is 11.8. The predicted molar refractivity (Wildman–Crippen MR) is 76.5 cm³/mol. The van der Waals surface area contributed by atoms with Gasteiger partial charge in [-0.2, -0.15) is 0 Å². The van der Waals surface area contributed by atoms with Crippen LogP contribution in [0.1, 0.15) is 20.9 Å². The molecule has 0 bridgehead atoms. The van der Waals surface area contributed by atoms with E-state index in [9.17, 15) is 14.9 Å². The zero-order valence-electron chi connectivity index (χ0n) is 10.2. The number of amides is 1. The molecule has 1 aliphatic rings. The Hall–Kier alpha value is -1.84. The number of carbonyl (C=O) groups excluding carboxylic acids is 1. The van der Waals surface area contributed by atoms with Crippen molar-refractivity contribution >= 4 is 38.7 Å². The van der Waals surface area contributed by atoms with Gasteiger partial charge < -0.3 is 5.32 Å². The Kier molecular flexibility index (Phi) is 3.47. The Morgan fingerprint density at radius 2 is 2.40 bits per heavy atom. The fourth-order valence-electron chi connectivity index (χ4n) is 1.89. The first kappa shape index (κ1) is 13.2. The average molecular weight is 310 g/mol. The minimum atomic E-state index is -0.505. The molecular formula is C11H10N4O3S2. The van der Waals surface area contributed by atoms with Crippen molar-refractivity contribution in [2.75, 3.05) is 11.9 Å². The lowest BCUT2D eigenvalue weighted by molar-refractivity contribution is -0.380. The maximum atomic E-state index is 12.0. The SMILES string of the molecule is O=C(Nc1nc2c(s1)CNCC2)c1csc([N+](=O)[O-])c1. The summed E-state index contributed by atoms with van der Waals surface area (Å²) in [6, 6.07) is 1.27.